The van der Waals surface area contributed by atoms with Crippen LogP contribution in [0.4, 0.5) is 11.4 Å². The Kier molecular flexibility index (Phi) is 9.99. The van der Waals surface area contributed by atoms with E-state index >= 15 is 0 Å². The van der Waals surface area contributed by atoms with Crippen molar-refractivity contribution in [3.05, 3.63) is 125 Å². The second-order valence-corrected chi connectivity index (χ2v) is 9.90. The van der Waals surface area contributed by atoms with E-state index in [1.54, 1.807) is 110 Å². The van der Waals surface area contributed by atoms with Crippen LogP contribution in [0.2, 0.25) is 5.02 Å². The van der Waals surface area contributed by atoms with Crippen LogP contribution in [0.25, 0.3) is 6.08 Å². The molecule has 0 atom stereocenters. The predicted octanol–water partition coefficient (Wildman–Crippen LogP) is 6.49. The van der Waals surface area contributed by atoms with Crippen LogP contribution >= 0.6 is 23.4 Å². The highest BCUT2D eigenvalue weighted by Gasteiger charge is 2.16. The van der Waals surface area contributed by atoms with Gasteiger partial charge in [-0.25, -0.2) is 0 Å². The van der Waals surface area contributed by atoms with Gasteiger partial charge < -0.3 is 20.7 Å². The van der Waals surface area contributed by atoms with E-state index in [9.17, 15) is 14.4 Å². The first kappa shape index (κ1) is 28.5. The smallest absolute Gasteiger partial charge is 0.272 e. The minimum atomic E-state index is -0.511. The maximum Gasteiger partial charge on any atom is 0.272 e. The summed E-state index contributed by atoms with van der Waals surface area (Å²) in [6.45, 7) is 0. The van der Waals surface area contributed by atoms with Crippen molar-refractivity contribution in [3.63, 3.8) is 0 Å². The van der Waals surface area contributed by atoms with Gasteiger partial charge in [0.25, 0.3) is 11.8 Å². The standard InChI is InChI=1S/C31H26ClN3O4S/c1-39-25-15-11-23(12-16-25)33-29(36)20-40-26-17-13-24(14-18-26)34-31(38)28(19-22-9-5-6-10-27(22)32)35-30(37)21-7-3-2-4-8-21/h2-19H,20H2,1H3,(H,33,36)(H,34,38)(H,35,37)/b28-19-. The average molecular weight is 572 g/mol. The number of anilines is 2. The van der Waals surface area contributed by atoms with Crippen LogP contribution in [-0.2, 0) is 9.59 Å². The lowest BCUT2D eigenvalue weighted by molar-refractivity contribution is -0.114. The molecule has 0 radical (unpaired) electrons. The molecule has 0 heterocycles. The van der Waals surface area contributed by atoms with Crippen LogP contribution in [0.5, 0.6) is 5.75 Å². The van der Waals surface area contributed by atoms with E-state index in [0.717, 1.165) is 4.90 Å². The zero-order valence-electron chi connectivity index (χ0n) is 21.5. The summed E-state index contributed by atoms with van der Waals surface area (Å²) in [7, 11) is 1.58. The van der Waals surface area contributed by atoms with E-state index in [1.165, 1.54) is 17.8 Å². The van der Waals surface area contributed by atoms with Gasteiger partial charge in [0.05, 0.1) is 12.9 Å². The molecule has 0 fully saturated rings. The van der Waals surface area contributed by atoms with E-state index in [-0.39, 0.29) is 17.4 Å². The summed E-state index contributed by atoms with van der Waals surface area (Å²) in [4.78, 5) is 39.2. The molecule has 7 nitrogen and oxygen atoms in total. The summed E-state index contributed by atoms with van der Waals surface area (Å²) in [5, 5.41) is 8.79. The third kappa shape index (κ3) is 8.23. The molecule has 0 unspecified atom stereocenters. The third-order valence-electron chi connectivity index (χ3n) is 5.59. The second-order valence-electron chi connectivity index (χ2n) is 8.44. The van der Waals surface area contributed by atoms with Crippen molar-refractivity contribution in [3.8, 4) is 5.75 Å². The summed E-state index contributed by atoms with van der Waals surface area (Å²) in [5.41, 5.74) is 2.25. The monoisotopic (exact) mass is 571 g/mol. The molecule has 0 aliphatic rings. The Morgan fingerprint density at radius 2 is 1.43 bits per heavy atom. The van der Waals surface area contributed by atoms with Gasteiger partial charge in [-0.15, -0.1) is 11.8 Å². The van der Waals surface area contributed by atoms with Crippen LogP contribution in [-0.4, -0.2) is 30.6 Å². The number of halogens is 1. The first-order valence-electron chi connectivity index (χ1n) is 12.2. The van der Waals surface area contributed by atoms with Gasteiger partial charge in [-0.2, -0.15) is 0 Å². The van der Waals surface area contributed by atoms with E-state index in [0.29, 0.717) is 33.3 Å². The Morgan fingerprint density at radius 1 is 0.800 bits per heavy atom. The summed E-state index contributed by atoms with van der Waals surface area (Å²) in [5.74, 6) is -0.147. The average Bonchev–Trinajstić information content (AvgIpc) is 2.98. The van der Waals surface area contributed by atoms with Crippen molar-refractivity contribution < 1.29 is 19.1 Å². The fourth-order valence-corrected chi connectivity index (χ4v) is 4.43. The molecule has 4 aromatic carbocycles. The Balaban J connectivity index is 1.39. The van der Waals surface area contributed by atoms with Gasteiger partial charge >= 0.3 is 0 Å². The number of carbonyl (C=O) groups is 3. The van der Waals surface area contributed by atoms with Gasteiger partial charge in [-0.3, -0.25) is 14.4 Å². The van der Waals surface area contributed by atoms with Gasteiger partial charge in [0.2, 0.25) is 5.91 Å². The molecule has 0 aromatic heterocycles. The lowest BCUT2D eigenvalue weighted by Gasteiger charge is -2.12. The van der Waals surface area contributed by atoms with Crippen molar-refractivity contribution in [1.29, 1.82) is 0 Å². The Hall–Kier alpha value is -4.53. The predicted molar refractivity (Wildman–Crippen MR) is 161 cm³/mol. The lowest BCUT2D eigenvalue weighted by atomic mass is 10.1. The molecule has 9 heteroatoms. The van der Waals surface area contributed by atoms with E-state index in [1.807, 2.05) is 0 Å². The molecule has 4 aromatic rings. The maximum atomic E-state index is 13.2. The van der Waals surface area contributed by atoms with Crippen LogP contribution in [0.1, 0.15) is 15.9 Å². The molecule has 3 amide bonds. The molecule has 0 saturated carbocycles. The molecule has 0 saturated heterocycles. The first-order chi connectivity index (χ1) is 19.4. The second kappa shape index (κ2) is 14.0. The molecule has 40 heavy (non-hydrogen) atoms. The van der Waals surface area contributed by atoms with Crippen molar-refractivity contribution in [2.75, 3.05) is 23.5 Å². The van der Waals surface area contributed by atoms with Gasteiger partial charge in [0, 0.05) is 26.9 Å². The van der Waals surface area contributed by atoms with Crippen molar-refractivity contribution >= 4 is 58.5 Å². The molecule has 3 N–H and O–H groups in total. The zero-order chi connectivity index (χ0) is 28.3. The van der Waals surface area contributed by atoms with Gasteiger partial charge in [0.15, 0.2) is 0 Å². The van der Waals surface area contributed by atoms with Crippen LogP contribution in [0, 0.1) is 0 Å². The molecule has 0 spiro atoms. The highest BCUT2D eigenvalue weighted by Crippen LogP contribution is 2.23. The molecule has 202 valence electrons. The number of thioether (sulfide) groups is 1. The number of nitrogens with one attached hydrogen (secondary N) is 3. The van der Waals surface area contributed by atoms with E-state index in [2.05, 4.69) is 16.0 Å². The van der Waals surface area contributed by atoms with E-state index in [4.69, 9.17) is 16.3 Å². The van der Waals surface area contributed by atoms with Crippen LogP contribution < -0.4 is 20.7 Å². The number of methoxy groups -OCH3 is 1. The minimum absolute atomic E-state index is 0.0376. The summed E-state index contributed by atoms with van der Waals surface area (Å²) < 4.78 is 5.12. The zero-order valence-corrected chi connectivity index (χ0v) is 23.1. The Labute approximate surface area is 241 Å². The van der Waals surface area contributed by atoms with Crippen molar-refractivity contribution in [1.82, 2.24) is 5.32 Å². The maximum absolute atomic E-state index is 13.2. The summed E-state index contributed by atoms with van der Waals surface area (Å²) in [6.07, 6.45) is 1.53. The molecule has 4 rings (SSSR count). The number of amides is 3. The lowest BCUT2D eigenvalue weighted by Crippen LogP contribution is -2.30. The number of benzene rings is 4. The number of hydrogen-bond donors (Lipinski definition) is 3. The highest BCUT2D eigenvalue weighted by atomic mass is 35.5. The largest absolute Gasteiger partial charge is 0.497 e. The SMILES string of the molecule is COc1ccc(NC(=O)CSc2ccc(NC(=O)/C(=C/c3ccccc3Cl)NC(=O)c3ccccc3)cc2)cc1. The minimum Gasteiger partial charge on any atom is -0.497 e. The molecule has 0 aliphatic carbocycles. The third-order valence-corrected chi connectivity index (χ3v) is 6.95. The van der Waals surface area contributed by atoms with Crippen LogP contribution in [0.3, 0.4) is 0 Å². The number of carbonyl (C=O) groups excluding carboxylic acids is 3. The molecular weight excluding hydrogens is 546 g/mol. The van der Waals surface area contributed by atoms with Crippen molar-refractivity contribution in [2.24, 2.45) is 0 Å². The topological polar surface area (TPSA) is 96.5 Å². The highest BCUT2D eigenvalue weighted by molar-refractivity contribution is 8.00. The fraction of sp³-hybridized carbons (Fsp3) is 0.0645. The number of ether oxygens (including phenoxy) is 1. The summed E-state index contributed by atoms with van der Waals surface area (Å²) >= 11 is 7.66. The van der Waals surface area contributed by atoms with Gasteiger partial charge in [-0.1, -0.05) is 48.0 Å². The van der Waals surface area contributed by atoms with Crippen molar-refractivity contribution in [2.45, 2.75) is 4.90 Å². The summed E-state index contributed by atoms with van der Waals surface area (Å²) in [6, 6.07) is 29.8. The van der Waals surface area contributed by atoms with E-state index < -0.39 is 11.8 Å². The van der Waals surface area contributed by atoms with Gasteiger partial charge in [0.1, 0.15) is 11.4 Å². The number of hydrogen-bond acceptors (Lipinski definition) is 5. The molecule has 0 aliphatic heterocycles. The van der Waals surface area contributed by atoms with Gasteiger partial charge in [-0.05, 0) is 78.4 Å². The Morgan fingerprint density at radius 3 is 2.10 bits per heavy atom. The quantitative estimate of drug-likeness (QED) is 0.149. The van der Waals surface area contributed by atoms with Crippen LogP contribution in [0.15, 0.2) is 114 Å². The molecule has 0 bridgehead atoms. The fourth-order valence-electron chi connectivity index (χ4n) is 3.54. The Bertz CT molecular complexity index is 1510. The number of rotatable bonds is 10. The molecular formula is C31H26ClN3O4S. The normalized spacial score (nSPS) is 10.9. The first-order valence-corrected chi connectivity index (χ1v) is 13.6.